The van der Waals surface area contributed by atoms with Crippen molar-refractivity contribution >= 4 is 29.9 Å². The maximum absolute atomic E-state index is 5.41. The molecule has 2 saturated heterocycles. The number of hydrogen-bond donors (Lipinski definition) is 2. The van der Waals surface area contributed by atoms with E-state index in [1.54, 1.807) is 6.26 Å². The van der Waals surface area contributed by atoms with E-state index < -0.39 is 0 Å². The van der Waals surface area contributed by atoms with Gasteiger partial charge in [0.25, 0.3) is 0 Å². The largest absolute Gasteiger partial charge is 0.469 e. The van der Waals surface area contributed by atoms with Crippen LogP contribution in [0.15, 0.2) is 58.1 Å². The van der Waals surface area contributed by atoms with Crippen LogP contribution in [-0.4, -0.2) is 42.1 Å². The molecule has 2 aromatic rings. The van der Waals surface area contributed by atoms with Crippen molar-refractivity contribution in [1.29, 1.82) is 0 Å². The van der Waals surface area contributed by atoms with E-state index in [4.69, 9.17) is 9.41 Å². The molecular formula is C23H33IN4O. The number of hydrogen-bond acceptors (Lipinski definition) is 3. The minimum Gasteiger partial charge on any atom is -0.469 e. The highest BCUT2D eigenvalue weighted by molar-refractivity contribution is 14.0. The van der Waals surface area contributed by atoms with Crippen molar-refractivity contribution in [3.8, 4) is 0 Å². The van der Waals surface area contributed by atoms with Gasteiger partial charge >= 0.3 is 0 Å². The van der Waals surface area contributed by atoms with Crippen molar-refractivity contribution < 1.29 is 4.42 Å². The molecule has 2 N–H and O–H groups in total. The third-order valence-electron chi connectivity index (χ3n) is 5.99. The summed E-state index contributed by atoms with van der Waals surface area (Å²) in [5, 5.41) is 7.11. The number of rotatable bonds is 7. The smallest absolute Gasteiger partial charge is 0.191 e. The van der Waals surface area contributed by atoms with Crippen LogP contribution in [0, 0.1) is 0 Å². The van der Waals surface area contributed by atoms with Gasteiger partial charge in [-0.05, 0) is 50.3 Å². The lowest BCUT2D eigenvalue weighted by Gasteiger charge is -2.39. The summed E-state index contributed by atoms with van der Waals surface area (Å²) in [6.07, 6.45) is 7.60. The number of benzene rings is 1. The topological polar surface area (TPSA) is 52.8 Å². The minimum absolute atomic E-state index is 0. The fourth-order valence-electron chi connectivity index (χ4n) is 4.69. The summed E-state index contributed by atoms with van der Waals surface area (Å²) in [6, 6.07) is 16.7. The first-order valence-electron chi connectivity index (χ1n) is 10.7. The Morgan fingerprint density at radius 2 is 1.86 bits per heavy atom. The average molecular weight is 508 g/mol. The number of nitrogens with one attached hydrogen (secondary N) is 2. The third-order valence-corrected chi connectivity index (χ3v) is 5.99. The second-order valence-corrected chi connectivity index (χ2v) is 7.95. The van der Waals surface area contributed by atoms with Gasteiger partial charge in [-0.2, -0.15) is 0 Å². The first-order chi connectivity index (χ1) is 13.8. The fraction of sp³-hybridized carbons (Fsp3) is 0.522. The van der Waals surface area contributed by atoms with Gasteiger partial charge in [0.05, 0.1) is 6.26 Å². The highest BCUT2D eigenvalue weighted by atomic mass is 127. The van der Waals surface area contributed by atoms with Crippen LogP contribution < -0.4 is 10.6 Å². The molecule has 2 unspecified atom stereocenters. The first kappa shape index (κ1) is 22.2. The van der Waals surface area contributed by atoms with E-state index >= 15 is 0 Å². The van der Waals surface area contributed by atoms with Crippen LogP contribution in [0.4, 0.5) is 0 Å². The van der Waals surface area contributed by atoms with Gasteiger partial charge in [-0.1, -0.05) is 30.3 Å². The van der Waals surface area contributed by atoms with Gasteiger partial charge in [-0.15, -0.1) is 24.0 Å². The highest BCUT2D eigenvalue weighted by Crippen LogP contribution is 2.36. The lowest BCUT2D eigenvalue weighted by molar-refractivity contribution is 0.114. The normalized spacial score (nSPS) is 24.2. The van der Waals surface area contributed by atoms with E-state index in [2.05, 4.69) is 52.8 Å². The fourth-order valence-corrected chi connectivity index (χ4v) is 4.69. The van der Waals surface area contributed by atoms with Gasteiger partial charge in [-0.3, -0.25) is 9.89 Å². The molecular weight excluding hydrogens is 475 g/mol. The number of fused-ring (bicyclic) bond motifs is 2. The van der Waals surface area contributed by atoms with Crippen LogP contribution in [0.3, 0.4) is 0 Å². The highest BCUT2D eigenvalue weighted by Gasteiger charge is 2.40. The van der Waals surface area contributed by atoms with Crippen LogP contribution in [0.2, 0.25) is 0 Å². The van der Waals surface area contributed by atoms with E-state index in [-0.39, 0.29) is 24.0 Å². The van der Waals surface area contributed by atoms with Crippen LogP contribution in [0.25, 0.3) is 0 Å². The Hall–Kier alpha value is -1.54. The summed E-state index contributed by atoms with van der Waals surface area (Å²) in [7, 11) is 0. The predicted octanol–water partition coefficient (Wildman–Crippen LogP) is 4.19. The van der Waals surface area contributed by atoms with Gasteiger partial charge in [0.1, 0.15) is 5.76 Å². The maximum Gasteiger partial charge on any atom is 0.191 e. The molecule has 1 aromatic carbocycles. The summed E-state index contributed by atoms with van der Waals surface area (Å²) in [5.74, 6) is 1.93. The lowest BCUT2D eigenvalue weighted by Crippen LogP contribution is -2.52. The number of furan rings is 1. The quantitative estimate of drug-likeness (QED) is 0.335. The van der Waals surface area contributed by atoms with Gasteiger partial charge in [0.2, 0.25) is 0 Å². The van der Waals surface area contributed by atoms with Crippen molar-refractivity contribution in [2.45, 2.75) is 63.7 Å². The molecule has 0 amide bonds. The minimum atomic E-state index is 0. The van der Waals surface area contributed by atoms with E-state index in [1.165, 1.54) is 31.2 Å². The monoisotopic (exact) mass is 508 g/mol. The molecule has 2 aliphatic rings. The van der Waals surface area contributed by atoms with E-state index in [1.807, 2.05) is 12.1 Å². The summed E-state index contributed by atoms with van der Waals surface area (Å²) >= 11 is 0. The molecule has 4 rings (SSSR count). The number of guanidine groups is 1. The Labute approximate surface area is 191 Å². The Kier molecular flexibility index (Phi) is 8.41. The van der Waals surface area contributed by atoms with Crippen LogP contribution in [0.1, 0.15) is 43.9 Å². The Balaban J connectivity index is 0.00000240. The molecule has 158 valence electrons. The lowest BCUT2D eigenvalue weighted by atomic mass is 9.96. The van der Waals surface area contributed by atoms with Crippen LogP contribution in [0.5, 0.6) is 0 Å². The summed E-state index contributed by atoms with van der Waals surface area (Å²) in [5.41, 5.74) is 1.43. The Bertz CT molecular complexity index is 736. The second-order valence-electron chi connectivity index (χ2n) is 7.95. The molecule has 2 bridgehead atoms. The molecule has 2 fully saturated rings. The van der Waals surface area contributed by atoms with Crippen molar-refractivity contribution in [1.82, 2.24) is 15.5 Å². The molecule has 1 aromatic heterocycles. The molecule has 6 heteroatoms. The summed E-state index contributed by atoms with van der Waals surface area (Å²) < 4.78 is 5.41. The number of halogens is 1. The van der Waals surface area contributed by atoms with E-state index in [0.717, 1.165) is 37.8 Å². The van der Waals surface area contributed by atoms with Crippen LogP contribution in [-0.2, 0) is 13.0 Å². The van der Waals surface area contributed by atoms with Crippen molar-refractivity contribution in [2.24, 2.45) is 4.99 Å². The molecule has 0 spiro atoms. The number of piperidine rings is 1. The zero-order valence-electron chi connectivity index (χ0n) is 17.2. The van der Waals surface area contributed by atoms with Gasteiger partial charge < -0.3 is 15.1 Å². The van der Waals surface area contributed by atoms with Crippen molar-refractivity contribution in [3.05, 3.63) is 60.1 Å². The summed E-state index contributed by atoms with van der Waals surface area (Å²) in [4.78, 5) is 7.49. The van der Waals surface area contributed by atoms with E-state index in [9.17, 15) is 0 Å². The molecule has 29 heavy (non-hydrogen) atoms. The molecule has 5 nitrogen and oxygen atoms in total. The first-order valence-corrected chi connectivity index (χ1v) is 10.7. The van der Waals surface area contributed by atoms with Gasteiger partial charge in [0, 0.05) is 44.2 Å². The molecule has 2 aliphatic heterocycles. The predicted molar refractivity (Wildman–Crippen MR) is 129 cm³/mol. The molecule has 0 saturated carbocycles. The van der Waals surface area contributed by atoms with Crippen LogP contribution >= 0.6 is 24.0 Å². The average Bonchev–Trinajstić information content (AvgIpc) is 3.29. The molecule has 2 atom stereocenters. The number of aliphatic imine (C=N–C) groups is 1. The van der Waals surface area contributed by atoms with Crippen molar-refractivity contribution in [2.75, 3.05) is 13.1 Å². The molecule has 0 radical (unpaired) electrons. The zero-order chi connectivity index (χ0) is 19.2. The Morgan fingerprint density at radius 1 is 1.10 bits per heavy atom. The van der Waals surface area contributed by atoms with Crippen molar-refractivity contribution in [3.63, 3.8) is 0 Å². The second kappa shape index (κ2) is 11.0. The van der Waals surface area contributed by atoms with E-state index in [0.29, 0.717) is 18.1 Å². The number of nitrogens with zero attached hydrogens (tertiary/aromatic N) is 2. The van der Waals surface area contributed by atoms with Gasteiger partial charge in [-0.25, -0.2) is 0 Å². The SMILES string of the molecule is CCNC(=NCCc1ccco1)NC1CC2CCC(C1)N2Cc1ccccc1.I. The Morgan fingerprint density at radius 3 is 2.52 bits per heavy atom. The third kappa shape index (κ3) is 5.98. The molecule has 3 heterocycles. The standard InChI is InChI=1S/C23H32N4O.HI/c1-2-24-23(25-13-12-22-9-6-14-28-22)26-19-15-20-10-11-21(16-19)27(20)17-18-7-4-3-5-8-18;/h3-9,14,19-21H,2,10-13,15-17H2,1H3,(H2,24,25,26);1H. The maximum atomic E-state index is 5.41. The zero-order valence-corrected chi connectivity index (χ0v) is 19.5. The molecule has 0 aliphatic carbocycles. The summed E-state index contributed by atoms with van der Waals surface area (Å²) in [6.45, 7) is 4.82. The van der Waals surface area contributed by atoms with Gasteiger partial charge in [0.15, 0.2) is 5.96 Å².